The summed E-state index contributed by atoms with van der Waals surface area (Å²) < 4.78 is 5.80. The van der Waals surface area contributed by atoms with Crippen LogP contribution in [0.2, 0.25) is 19.6 Å². The van der Waals surface area contributed by atoms with Crippen molar-refractivity contribution in [3.05, 3.63) is 12.2 Å². The third-order valence-corrected chi connectivity index (χ3v) is 3.21. The molecule has 1 rings (SSSR count). The molecular formula is C10H20OSi. The summed E-state index contributed by atoms with van der Waals surface area (Å²) in [4.78, 5) is 0. The zero-order valence-electron chi connectivity index (χ0n) is 8.47. The van der Waals surface area contributed by atoms with E-state index in [0.717, 1.165) is 12.5 Å². The smallest absolute Gasteiger partial charge is 0.183 e. The predicted molar refractivity (Wildman–Crippen MR) is 55.8 cm³/mol. The topological polar surface area (TPSA) is 9.23 Å². The number of allylic oxidation sites excluding steroid dienone is 2. The summed E-state index contributed by atoms with van der Waals surface area (Å²) in [6.07, 6.45) is 8.47. The fourth-order valence-electron chi connectivity index (χ4n) is 1.45. The zero-order valence-corrected chi connectivity index (χ0v) is 9.47. The van der Waals surface area contributed by atoms with Crippen LogP contribution in [-0.4, -0.2) is 14.9 Å². The third-order valence-electron chi connectivity index (χ3n) is 2.14. The van der Waals surface area contributed by atoms with E-state index in [4.69, 9.17) is 4.43 Å². The molecule has 0 bridgehead atoms. The first kappa shape index (κ1) is 10.0. The summed E-state index contributed by atoms with van der Waals surface area (Å²) in [6.45, 7) is 7.71. The molecule has 2 heteroatoms. The minimum Gasteiger partial charge on any atom is -0.418 e. The number of hydrogen-bond acceptors (Lipinski definition) is 1. The SMILES string of the molecule is C[Si](C)(C)OCCC1C=CCC1. The van der Waals surface area contributed by atoms with Gasteiger partial charge in [-0.3, -0.25) is 0 Å². The Morgan fingerprint density at radius 3 is 2.67 bits per heavy atom. The summed E-state index contributed by atoms with van der Waals surface area (Å²) in [5.41, 5.74) is 0. The van der Waals surface area contributed by atoms with E-state index in [1.54, 1.807) is 0 Å². The van der Waals surface area contributed by atoms with E-state index in [0.29, 0.717) is 0 Å². The summed E-state index contributed by atoms with van der Waals surface area (Å²) in [7, 11) is -1.25. The van der Waals surface area contributed by atoms with E-state index in [2.05, 4.69) is 31.8 Å². The highest BCUT2D eigenvalue weighted by atomic mass is 28.4. The van der Waals surface area contributed by atoms with E-state index in [9.17, 15) is 0 Å². The second-order valence-electron chi connectivity index (χ2n) is 4.52. The molecule has 0 aromatic rings. The van der Waals surface area contributed by atoms with E-state index >= 15 is 0 Å². The molecule has 1 atom stereocenters. The lowest BCUT2D eigenvalue weighted by molar-refractivity contribution is 0.285. The molecule has 0 aromatic heterocycles. The highest BCUT2D eigenvalue weighted by molar-refractivity contribution is 6.69. The summed E-state index contributed by atoms with van der Waals surface area (Å²) in [5, 5.41) is 0. The lowest BCUT2D eigenvalue weighted by atomic mass is 10.1. The molecular weight excluding hydrogens is 164 g/mol. The Hall–Kier alpha value is -0.0831. The number of hydrogen-bond donors (Lipinski definition) is 0. The Balaban J connectivity index is 2.06. The van der Waals surface area contributed by atoms with Gasteiger partial charge in [0.1, 0.15) is 0 Å². The lowest BCUT2D eigenvalue weighted by Crippen LogP contribution is -2.26. The van der Waals surface area contributed by atoms with Gasteiger partial charge in [0.05, 0.1) is 0 Å². The van der Waals surface area contributed by atoms with Crippen LogP contribution in [0, 0.1) is 5.92 Å². The molecule has 0 saturated carbocycles. The second-order valence-corrected chi connectivity index (χ2v) is 9.03. The van der Waals surface area contributed by atoms with Crippen molar-refractivity contribution < 1.29 is 4.43 Å². The fourth-order valence-corrected chi connectivity index (χ4v) is 2.18. The highest BCUT2D eigenvalue weighted by Gasteiger charge is 2.15. The zero-order chi connectivity index (χ0) is 9.03. The third kappa shape index (κ3) is 4.07. The molecule has 0 spiro atoms. The minimum atomic E-state index is -1.25. The van der Waals surface area contributed by atoms with Gasteiger partial charge in [-0.2, -0.15) is 0 Å². The van der Waals surface area contributed by atoms with Crippen LogP contribution in [0.1, 0.15) is 19.3 Å². The normalized spacial score (nSPS) is 23.4. The summed E-state index contributed by atoms with van der Waals surface area (Å²) in [6, 6.07) is 0. The Bertz CT molecular complexity index is 158. The van der Waals surface area contributed by atoms with Gasteiger partial charge in [0.15, 0.2) is 8.32 Å². The molecule has 0 saturated heterocycles. The largest absolute Gasteiger partial charge is 0.418 e. The Labute approximate surface area is 76.9 Å². The molecule has 70 valence electrons. The van der Waals surface area contributed by atoms with Crippen LogP contribution in [0.5, 0.6) is 0 Å². The van der Waals surface area contributed by atoms with Gasteiger partial charge in [-0.1, -0.05) is 12.2 Å². The molecule has 0 heterocycles. The van der Waals surface area contributed by atoms with Crippen molar-refractivity contribution >= 4 is 8.32 Å². The highest BCUT2D eigenvalue weighted by Crippen LogP contribution is 2.20. The standard InChI is InChI=1S/C10H20OSi/c1-12(2,3)11-9-8-10-6-4-5-7-10/h4,6,10H,5,7-9H2,1-3H3. The molecule has 1 nitrogen and oxygen atoms in total. The van der Waals surface area contributed by atoms with Crippen LogP contribution in [0.4, 0.5) is 0 Å². The first-order valence-electron chi connectivity index (χ1n) is 4.88. The maximum atomic E-state index is 5.80. The second kappa shape index (κ2) is 4.24. The van der Waals surface area contributed by atoms with Crippen LogP contribution < -0.4 is 0 Å². The quantitative estimate of drug-likeness (QED) is 0.481. The number of rotatable bonds is 4. The molecule has 1 aliphatic carbocycles. The first-order valence-corrected chi connectivity index (χ1v) is 8.29. The van der Waals surface area contributed by atoms with Crippen LogP contribution in [0.25, 0.3) is 0 Å². The Morgan fingerprint density at radius 1 is 1.42 bits per heavy atom. The summed E-state index contributed by atoms with van der Waals surface area (Å²) >= 11 is 0. The van der Waals surface area contributed by atoms with Crippen molar-refractivity contribution in [3.8, 4) is 0 Å². The molecule has 1 aliphatic rings. The minimum absolute atomic E-state index is 0.807. The van der Waals surface area contributed by atoms with Gasteiger partial charge in [-0.25, -0.2) is 0 Å². The fraction of sp³-hybridized carbons (Fsp3) is 0.800. The average Bonchev–Trinajstić information content (AvgIpc) is 2.36. The van der Waals surface area contributed by atoms with E-state index in [-0.39, 0.29) is 0 Å². The maximum Gasteiger partial charge on any atom is 0.183 e. The van der Waals surface area contributed by atoms with Gasteiger partial charge in [0, 0.05) is 6.61 Å². The van der Waals surface area contributed by atoms with Crippen molar-refractivity contribution in [2.24, 2.45) is 5.92 Å². The molecule has 0 fully saturated rings. The van der Waals surface area contributed by atoms with Gasteiger partial charge in [0.25, 0.3) is 0 Å². The molecule has 1 unspecified atom stereocenters. The first-order chi connectivity index (χ1) is 5.58. The van der Waals surface area contributed by atoms with Crippen molar-refractivity contribution in [2.45, 2.75) is 38.9 Å². The average molecular weight is 184 g/mol. The van der Waals surface area contributed by atoms with Crippen LogP contribution in [0.15, 0.2) is 12.2 Å². The van der Waals surface area contributed by atoms with Crippen LogP contribution >= 0.6 is 0 Å². The van der Waals surface area contributed by atoms with Crippen molar-refractivity contribution in [2.75, 3.05) is 6.61 Å². The van der Waals surface area contributed by atoms with Crippen molar-refractivity contribution in [1.29, 1.82) is 0 Å². The van der Waals surface area contributed by atoms with Crippen LogP contribution in [-0.2, 0) is 4.43 Å². The van der Waals surface area contributed by atoms with E-state index in [1.165, 1.54) is 19.3 Å². The predicted octanol–water partition coefficient (Wildman–Crippen LogP) is 3.19. The summed E-state index contributed by atoms with van der Waals surface area (Å²) in [5.74, 6) is 0.807. The molecule has 12 heavy (non-hydrogen) atoms. The molecule has 0 aromatic carbocycles. The van der Waals surface area contributed by atoms with Gasteiger partial charge < -0.3 is 4.43 Å². The van der Waals surface area contributed by atoms with Crippen molar-refractivity contribution in [3.63, 3.8) is 0 Å². The molecule has 0 radical (unpaired) electrons. The van der Waals surface area contributed by atoms with Crippen LogP contribution in [0.3, 0.4) is 0 Å². The monoisotopic (exact) mass is 184 g/mol. The van der Waals surface area contributed by atoms with Gasteiger partial charge >= 0.3 is 0 Å². The van der Waals surface area contributed by atoms with Gasteiger partial charge in [-0.05, 0) is 44.8 Å². The lowest BCUT2D eigenvalue weighted by Gasteiger charge is -2.18. The molecule has 0 aliphatic heterocycles. The Kier molecular flexibility index (Phi) is 3.53. The van der Waals surface area contributed by atoms with E-state index < -0.39 is 8.32 Å². The van der Waals surface area contributed by atoms with Crippen molar-refractivity contribution in [1.82, 2.24) is 0 Å². The van der Waals surface area contributed by atoms with Gasteiger partial charge in [-0.15, -0.1) is 0 Å². The van der Waals surface area contributed by atoms with Gasteiger partial charge in [0.2, 0.25) is 0 Å². The molecule has 0 N–H and O–H groups in total. The molecule has 0 amide bonds. The Morgan fingerprint density at radius 2 is 2.17 bits per heavy atom. The maximum absolute atomic E-state index is 5.80. The van der Waals surface area contributed by atoms with E-state index in [1.807, 2.05) is 0 Å².